The standard InChI is InChI=1S/C22H38N2O8/c1-3-5-7-9-15-11-19(27)23-18(14-26)22(30)32-16(10-8-6-4-2)12-20(28)24-17(13-25)21(29)31-15/h15-18,25-26H,3-14H2,1-2H3,(H,23,27)(H,24,28)/t15?,16?,17-,18-/m0/s1. The minimum atomic E-state index is -1.28. The molecule has 0 aromatic heterocycles. The third kappa shape index (κ3) is 10.4. The van der Waals surface area contributed by atoms with Crippen molar-refractivity contribution < 1.29 is 38.9 Å². The molecule has 0 bridgehead atoms. The molecule has 1 saturated heterocycles. The van der Waals surface area contributed by atoms with Crippen LogP contribution in [0.25, 0.3) is 0 Å². The molecule has 2 amide bonds. The van der Waals surface area contributed by atoms with Crippen molar-refractivity contribution in [3.05, 3.63) is 0 Å². The van der Waals surface area contributed by atoms with Gasteiger partial charge < -0.3 is 30.3 Å². The average molecular weight is 459 g/mol. The lowest BCUT2D eigenvalue weighted by Gasteiger charge is -2.25. The quantitative estimate of drug-likeness (QED) is 0.276. The molecule has 0 radical (unpaired) electrons. The van der Waals surface area contributed by atoms with E-state index in [-0.39, 0.29) is 12.8 Å². The summed E-state index contributed by atoms with van der Waals surface area (Å²) in [6.45, 7) is 2.70. The summed E-state index contributed by atoms with van der Waals surface area (Å²) < 4.78 is 10.8. The molecule has 2 unspecified atom stereocenters. The zero-order valence-electron chi connectivity index (χ0n) is 19.1. The highest BCUT2D eigenvalue weighted by atomic mass is 16.6. The maximum absolute atomic E-state index is 12.5. The summed E-state index contributed by atoms with van der Waals surface area (Å²) in [6.07, 6.45) is 3.84. The number of amides is 2. The van der Waals surface area contributed by atoms with Crippen molar-refractivity contribution >= 4 is 23.8 Å². The molecule has 1 aliphatic rings. The topological polar surface area (TPSA) is 151 Å². The summed E-state index contributed by atoms with van der Waals surface area (Å²) in [5.74, 6) is -2.80. The second-order valence-electron chi connectivity index (χ2n) is 8.12. The van der Waals surface area contributed by atoms with Crippen LogP contribution in [0.4, 0.5) is 0 Å². The van der Waals surface area contributed by atoms with E-state index in [2.05, 4.69) is 10.6 Å². The first-order valence-corrected chi connectivity index (χ1v) is 11.6. The molecule has 0 aromatic carbocycles. The maximum atomic E-state index is 12.5. The maximum Gasteiger partial charge on any atom is 0.331 e. The Morgan fingerprint density at radius 3 is 1.41 bits per heavy atom. The minimum absolute atomic E-state index is 0.217. The number of unbranched alkanes of at least 4 members (excludes halogenated alkanes) is 4. The van der Waals surface area contributed by atoms with E-state index in [4.69, 9.17) is 9.47 Å². The van der Waals surface area contributed by atoms with E-state index in [9.17, 15) is 29.4 Å². The molecular weight excluding hydrogens is 420 g/mol. The van der Waals surface area contributed by atoms with Crippen LogP contribution in [0.5, 0.6) is 0 Å². The molecule has 1 heterocycles. The monoisotopic (exact) mass is 458 g/mol. The van der Waals surface area contributed by atoms with E-state index in [1.807, 2.05) is 13.8 Å². The Morgan fingerprint density at radius 2 is 1.09 bits per heavy atom. The fourth-order valence-corrected chi connectivity index (χ4v) is 3.42. The molecule has 4 N–H and O–H groups in total. The van der Waals surface area contributed by atoms with Gasteiger partial charge in [-0.15, -0.1) is 0 Å². The molecule has 1 aliphatic heterocycles. The first-order chi connectivity index (χ1) is 15.3. The van der Waals surface area contributed by atoms with E-state index in [0.717, 1.165) is 25.7 Å². The molecule has 4 atom stereocenters. The number of carbonyl (C=O) groups excluding carboxylic acids is 4. The molecule has 1 rings (SSSR count). The largest absolute Gasteiger partial charge is 0.460 e. The number of carbonyl (C=O) groups is 4. The molecule has 0 aromatic rings. The summed E-state index contributed by atoms with van der Waals surface area (Å²) in [5.41, 5.74) is 0. The summed E-state index contributed by atoms with van der Waals surface area (Å²) >= 11 is 0. The zero-order chi connectivity index (χ0) is 23.9. The number of aliphatic hydroxyl groups excluding tert-OH is 2. The first kappa shape index (κ1) is 27.8. The van der Waals surface area contributed by atoms with E-state index in [0.29, 0.717) is 25.7 Å². The van der Waals surface area contributed by atoms with Gasteiger partial charge in [-0.2, -0.15) is 0 Å². The number of hydrogen-bond acceptors (Lipinski definition) is 8. The van der Waals surface area contributed by atoms with E-state index in [1.54, 1.807) is 0 Å². The van der Waals surface area contributed by atoms with E-state index in [1.165, 1.54) is 0 Å². The Morgan fingerprint density at radius 1 is 0.719 bits per heavy atom. The summed E-state index contributed by atoms with van der Waals surface area (Å²) in [5, 5.41) is 24.0. The van der Waals surface area contributed by atoms with Gasteiger partial charge in [-0.3, -0.25) is 9.59 Å². The predicted octanol–water partition coefficient (Wildman–Crippen LogP) is 0.719. The molecule has 0 saturated carbocycles. The smallest absolute Gasteiger partial charge is 0.331 e. The third-order valence-electron chi connectivity index (χ3n) is 5.26. The highest BCUT2D eigenvalue weighted by Gasteiger charge is 2.31. The van der Waals surface area contributed by atoms with Crippen LogP contribution >= 0.6 is 0 Å². The highest BCUT2D eigenvalue weighted by Crippen LogP contribution is 2.15. The van der Waals surface area contributed by atoms with Gasteiger partial charge in [0.15, 0.2) is 12.1 Å². The van der Waals surface area contributed by atoms with Crippen molar-refractivity contribution in [1.82, 2.24) is 10.6 Å². The SMILES string of the molecule is CCCCCC1CC(=O)N[C@@H](CO)C(=O)OC(CCCCC)CC(=O)N[C@@H](CO)C(=O)O1. The molecule has 0 spiro atoms. The fourth-order valence-electron chi connectivity index (χ4n) is 3.42. The average Bonchev–Trinajstić information content (AvgIpc) is 2.75. The zero-order valence-corrected chi connectivity index (χ0v) is 19.1. The van der Waals surface area contributed by atoms with Gasteiger partial charge in [0.1, 0.15) is 12.2 Å². The van der Waals surface area contributed by atoms with Crippen LogP contribution in [0.3, 0.4) is 0 Å². The van der Waals surface area contributed by atoms with Gasteiger partial charge in [0.25, 0.3) is 0 Å². The fraction of sp³-hybridized carbons (Fsp3) is 0.818. The number of ether oxygens (including phenoxy) is 2. The number of hydrogen-bond donors (Lipinski definition) is 4. The molecule has 10 nitrogen and oxygen atoms in total. The Kier molecular flexibility index (Phi) is 13.5. The third-order valence-corrected chi connectivity index (χ3v) is 5.26. The summed E-state index contributed by atoms with van der Waals surface area (Å²) in [6, 6.07) is -2.56. The number of aliphatic hydroxyl groups is 2. The van der Waals surface area contributed by atoms with Gasteiger partial charge in [-0.1, -0.05) is 39.5 Å². The van der Waals surface area contributed by atoms with Gasteiger partial charge in [-0.25, -0.2) is 9.59 Å². The Labute approximate surface area is 189 Å². The van der Waals surface area contributed by atoms with Gasteiger partial charge >= 0.3 is 11.9 Å². The van der Waals surface area contributed by atoms with Crippen LogP contribution in [0, 0.1) is 0 Å². The van der Waals surface area contributed by atoms with Crippen LogP contribution < -0.4 is 10.6 Å². The molecular formula is C22H38N2O8. The predicted molar refractivity (Wildman–Crippen MR) is 115 cm³/mol. The summed E-state index contributed by atoms with van der Waals surface area (Å²) in [4.78, 5) is 50.0. The van der Waals surface area contributed by atoms with Crippen LogP contribution in [-0.4, -0.2) is 71.5 Å². The van der Waals surface area contributed by atoms with Crippen LogP contribution in [0.15, 0.2) is 0 Å². The Bertz CT molecular complexity index is 561. The van der Waals surface area contributed by atoms with Gasteiger partial charge in [0.2, 0.25) is 11.8 Å². The van der Waals surface area contributed by atoms with Crippen molar-refractivity contribution in [2.24, 2.45) is 0 Å². The van der Waals surface area contributed by atoms with Crippen molar-refractivity contribution in [2.75, 3.05) is 13.2 Å². The van der Waals surface area contributed by atoms with Gasteiger partial charge in [-0.05, 0) is 25.7 Å². The van der Waals surface area contributed by atoms with E-state index >= 15 is 0 Å². The Balaban J connectivity index is 3.05. The number of esters is 2. The lowest BCUT2D eigenvalue weighted by atomic mass is 10.1. The van der Waals surface area contributed by atoms with Crippen LogP contribution in [-0.2, 0) is 28.7 Å². The lowest BCUT2D eigenvalue weighted by Crippen LogP contribution is -2.49. The van der Waals surface area contributed by atoms with Gasteiger partial charge in [0.05, 0.1) is 26.1 Å². The number of cyclic esters (lactones) is 2. The second-order valence-corrected chi connectivity index (χ2v) is 8.12. The van der Waals surface area contributed by atoms with Crippen LogP contribution in [0.1, 0.15) is 78.1 Å². The number of nitrogens with one attached hydrogen (secondary N) is 2. The Hall–Kier alpha value is -2.20. The van der Waals surface area contributed by atoms with Gasteiger partial charge in [0, 0.05) is 0 Å². The minimum Gasteiger partial charge on any atom is -0.460 e. The van der Waals surface area contributed by atoms with E-state index < -0.39 is 61.3 Å². The van der Waals surface area contributed by atoms with Crippen molar-refractivity contribution in [1.29, 1.82) is 0 Å². The normalized spacial score (nSPS) is 25.9. The number of rotatable bonds is 10. The molecule has 184 valence electrons. The molecule has 32 heavy (non-hydrogen) atoms. The first-order valence-electron chi connectivity index (χ1n) is 11.6. The molecule has 0 aliphatic carbocycles. The molecule has 10 heteroatoms. The second kappa shape index (κ2) is 15.6. The van der Waals surface area contributed by atoms with Crippen molar-refractivity contribution in [2.45, 2.75) is 102 Å². The lowest BCUT2D eigenvalue weighted by molar-refractivity contribution is -0.160. The molecule has 1 fully saturated rings. The highest BCUT2D eigenvalue weighted by molar-refractivity contribution is 5.87. The van der Waals surface area contributed by atoms with Crippen molar-refractivity contribution in [3.63, 3.8) is 0 Å². The summed E-state index contributed by atoms with van der Waals surface area (Å²) in [7, 11) is 0. The van der Waals surface area contributed by atoms with Crippen molar-refractivity contribution in [3.8, 4) is 0 Å². The van der Waals surface area contributed by atoms with Crippen LogP contribution in [0.2, 0.25) is 0 Å².